The molecule has 0 fully saturated rings. The lowest BCUT2D eigenvalue weighted by molar-refractivity contribution is -0.118. The highest BCUT2D eigenvalue weighted by molar-refractivity contribution is 6.21. The lowest BCUT2D eigenvalue weighted by Gasteiger charge is -2.25. The van der Waals surface area contributed by atoms with Gasteiger partial charge in [-0.1, -0.05) is 30.4 Å². The van der Waals surface area contributed by atoms with E-state index in [0.717, 1.165) is 5.56 Å². The number of carbonyl (C=O) groups is 2. The molecular formula is C24H20FN3O3. The van der Waals surface area contributed by atoms with Crippen LogP contribution in [0.1, 0.15) is 15.9 Å². The average Bonchev–Trinajstić information content (AvgIpc) is 2.80. The van der Waals surface area contributed by atoms with Gasteiger partial charge >= 0.3 is 0 Å². The van der Waals surface area contributed by atoms with Crippen LogP contribution >= 0.6 is 0 Å². The number of fused-ring (bicyclic) bond motifs is 1. The van der Waals surface area contributed by atoms with Crippen LogP contribution in [-0.4, -0.2) is 41.9 Å². The second kappa shape index (κ2) is 8.87. The van der Waals surface area contributed by atoms with Crippen LogP contribution in [0.4, 0.5) is 4.39 Å². The Bertz CT molecular complexity index is 1120. The summed E-state index contributed by atoms with van der Waals surface area (Å²) in [5.41, 5.74) is 1.81. The Morgan fingerprint density at radius 2 is 1.77 bits per heavy atom. The highest BCUT2D eigenvalue weighted by atomic mass is 19.1. The summed E-state index contributed by atoms with van der Waals surface area (Å²) < 4.78 is 18.5. The first kappa shape index (κ1) is 20.4. The van der Waals surface area contributed by atoms with Crippen molar-refractivity contribution in [2.24, 2.45) is 15.9 Å². The third-order valence-corrected chi connectivity index (χ3v) is 5.01. The fraction of sp³-hybridized carbons (Fsp3) is 0.167. The van der Waals surface area contributed by atoms with Gasteiger partial charge in [0.25, 0.3) is 11.8 Å². The lowest BCUT2D eigenvalue weighted by Crippen LogP contribution is -2.37. The molecule has 156 valence electrons. The van der Waals surface area contributed by atoms with Crippen molar-refractivity contribution in [1.29, 1.82) is 0 Å². The number of rotatable bonds is 6. The third-order valence-electron chi connectivity index (χ3n) is 5.01. The number of ether oxygens (including phenoxy) is 1. The van der Waals surface area contributed by atoms with E-state index >= 15 is 0 Å². The van der Waals surface area contributed by atoms with E-state index in [9.17, 15) is 14.0 Å². The summed E-state index contributed by atoms with van der Waals surface area (Å²) in [6, 6.07) is 12.7. The second-order valence-electron chi connectivity index (χ2n) is 7.14. The monoisotopic (exact) mass is 417 g/mol. The Morgan fingerprint density at radius 3 is 2.48 bits per heavy atom. The number of amidine groups is 1. The predicted molar refractivity (Wildman–Crippen MR) is 116 cm³/mol. The van der Waals surface area contributed by atoms with E-state index in [1.807, 2.05) is 6.08 Å². The number of carbonyl (C=O) groups excluding carboxylic acids is 2. The van der Waals surface area contributed by atoms with E-state index in [1.165, 1.54) is 17.0 Å². The topological polar surface area (TPSA) is 71.3 Å². The molecule has 2 amide bonds. The van der Waals surface area contributed by atoms with Gasteiger partial charge in [0.05, 0.1) is 19.4 Å². The van der Waals surface area contributed by atoms with Crippen molar-refractivity contribution >= 4 is 23.4 Å². The van der Waals surface area contributed by atoms with E-state index in [2.05, 4.69) is 9.98 Å². The highest BCUT2D eigenvalue weighted by Crippen LogP contribution is 2.19. The number of allylic oxidation sites excluding steroid dienone is 3. The molecule has 0 N–H and O–H groups in total. The molecule has 0 bridgehead atoms. The van der Waals surface area contributed by atoms with Gasteiger partial charge in [0.1, 0.15) is 17.5 Å². The number of halogens is 1. The van der Waals surface area contributed by atoms with Crippen LogP contribution in [0.25, 0.3) is 0 Å². The van der Waals surface area contributed by atoms with Crippen molar-refractivity contribution in [2.75, 3.05) is 13.7 Å². The summed E-state index contributed by atoms with van der Waals surface area (Å²) in [6.07, 6.45) is 7.12. The first-order valence-corrected chi connectivity index (χ1v) is 9.76. The van der Waals surface area contributed by atoms with Crippen LogP contribution in [-0.2, 0) is 11.3 Å². The zero-order valence-electron chi connectivity index (χ0n) is 16.9. The van der Waals surface area contributed by atoms with Crippen LogP contribution < -0.4 is 4.74 Å². The minimum Gasteiger partial charge on any atom is -0.497 e. The summed E-state index contributed by atoms with van der Waals surface area (Å²) in [5, 5.41) is 0. The fourth-order valence-electron chi connectivity index (χ4n) is 3.39. The van der Waals surface area contributed by atoms with Gasteiger partial charge in [0.2, 0.25) is 0 Å². The van der Waals surface area contributed by atoms with E-state index in [-0.39, 0.29) is 36.6 Å². The van der Waals surface area contributed by atoms with Crippen LogP contribution in [0.2, 0.25) is 0 Å². The molecule has 1 aliphatic heterocycles. The quantitative estimate of drug-likeness (QED) is 0.721. The smallest absolute Gasteiger partial charge is 0.260 e. The Hall–Kier alpha value is -3.87. The summed E-state index contributed by atoms with van der Waals surface area (Å²) in [6.45, 7) is 0.254. The number of aliphatic imine (C=N–C) groups is 2. The molecule has 2 aromatic carbocycles. The number of amides is 2. The van der Waals surface area contributed by atoms with Crippen molar-refractivity contribution < 1.29 is 18.7 Å². The van der Waals surface area contributed by atoms with Crippen molar-refractivity contribution in [3.63, 3.8) is 0 Å². The van der Waals surface area contributed by atoms with Crippen molar-refractivity contribution in [3.8, 4) is 5.75 Å². The minimum absolute atomic E-state index is 0.0434. The maximum atomic E-state index is 13.3. The largest absolute Gasteiger partial charge is 0.497 e. The highest BCUT2D eigenvalue weighted by Gasteiger charge is 2.28. The third kappa shape index (κ3) is 4.66. The van der Waals surface area contributed by atoms with Crippen LogP contribution in [0.3, 0.4) is 0 Å². The van der Waals surface area contributed by atoms with Gasteiger partial charge < -0.3 is 9.64 Å². The van der Waals surface area contributed by atoms with Crippen molar-refractivity contribution in [1.82, 2.24) is 4.90 Å². The van der Waals surface area contributed by atoms with Gasteiger partial charge in [0.15, 0.2) is 5.84 Å². The molecule has 1 aliphatic carbocycles. The zero-order chi connectivity index (χ0) is 21.8. The normalized spacial score (nSPS) is 17.0. The molecule has 7 heteroatoms. The van der Waals surface area contributed by atoms with Gasteiger partial charge in [-0.2, -0.15) is 4.99 Å². The van der Waals surface area contributed by atoms with Gasteiger partial charge in [-0.25, -0.2) is 9.38 Å². The van der Waals surface area contributed by atoms with E-state index in [0.29, 0.717) is 17.0 Å². The first-order chi connectivity index (χ1) is 15.0. The van der Waals surface area contributed by atoms with Crippen LogP contribution in [0.15, 0.2) is 82.8 Å². The maximum absolute atomic E-state index is 13.3. The number of hydrogen-bond donors (Lipinski definition) is 0. The molecule has 0 aromatic heterocycles. The molecule has 0 saturated heterocycles. The molecule has 1 unspecified atom stereocenters. The molecule has 6 nitrogen and oxygen atoms in total. The SMILES string of the molecule is COc1ccc(C(=O)N(CC2=NC(=O)C3C=CC=CC3=N2)Cc2ccc(F)cc2)cc1. The molecule has 0 spiro atoms. The van der Waals surface area contributed by atoms with Crippen LogP contribution in [0.5, 0.6) is 5.75 Å². The molecule has 4 rings (SSSR count). The molecular weight excluding hydrogens is 397 g/mol. The number of hydrogen-bond acceptors (Lipinski definition) is 4. The van der Waals surface area contributed by atoms with Crippen molar-refractivity contribution in [3.05, 3.63) is 89.8 Å². The minimum atomic E-state index is -0.475. The van der Waals surface area contributed by atoms with E-state index < -0.39 is 5.92 Å². The van der Waals surface area contributed by atoms with E-state index in [1.54, 1.807) is 61.7 Å². The molecule has 31 heavy (non-hydrogen) atoms. The Kier molecular flexibility index (Phi) is 5.84. The summed E-state index contributed by atoms with van der Waals surface area (Å²) in [5.74, 6) is -0.494. The molecule has 1 heterocycles. The number of nitrogens with zero attached hydrogens (tertiary/aromatic N) is 3. The fourth-order valence-corrected chi connectivity index (χ4v) is 3.39. The van der Waals surface area contributed by atoms with Gasteiger partial charge in [0, 0.05) is 12.1 Å². The molecule has 0 radical (unpaired) electrons. The molecule has 2 aromatic rings. The first-order valence-electron chi connectivity index (χ1n) is 9.76. The standard InChI is InChI=1S/C24H20FN3O3/c1-31-19-12-8-17(9-13-19)24(30)28(14-16-6-10-18(25)11-7-16)15-22-26-21-5-3-2-4-20(21)23(29)27-22/h2-13,20H,14-15H2,1H3. The number of methoxy groups -OCH3 is 1. The lowest BCUT2D eigenvalue weighted by atomic mass is 9.96. The van der Waals surface area contributed by atoms with Gasteiger partial charge in [-0.05, 0) is 48.0 Å². The van der Waals surface area contributed by atoms with E-state index in [4.69, 9.17) is 4.74 Å². The molecule has 1 atom stereocenters. The Balaban J connectivity index is 1.61. The van der Waals surface area contributed by atoms with Crippen molar-refractivity contribution in [2.45, 2.75) is 6.54 Å². The second-order valence-corrected chi connectivity index (χ2v) is 7.14. The zero-order valence-corrected chi connectivity index (χ0v) is 16.9. The molecule has 2 aliphatic rings. The Labute approximate surface area is 179 Å². The molecule has 0 saturated carbocycles. The average molecular weight is 417 g/mol. The van der Waals surface area contributed by atoms with Crippen LogP contribution in [0, 0.1) is 11.7 Å². The van der Waals surface area contributed by atoms with Gasteiger partial charge in [-0.15, -0.1) is 0 Å². The maximum Gasteiger partial charge on any atom is 0.260 e. The summed E-state index contributed by atoms with van der Waals surface area (Å²) in [4.78, 5) is 35.8. The summed E-state index contributed by atoms with van der Waals surface area (Å²) in [7, 11) is 1.55. The predicted octanol–water partition coefficient (Wildman–Crippen LogP) is 3.60. The number of benzene rings is 2. The Morgan fingerprint density at radius 1 is 1.03 bits per heavy atom. The van der Waals surface area contributed by atoms with Gasteiger partial charge in [-0.3, -0.25) is 9.59 Å². The summed E-state index contributed by atoms with van der Waals surface area (Å²) >= 11 is 0.